The van der Waals surface area contributed by atoms with Crippen LogP contribution in [0.15, 0.2) is 24.3 Å². The lowest BCUT2D eigenvalue weighted by molar-refractivity contribution is 0.163. The number of rotatable bonds is 7. The number of ether oxygens (including phenoxy) is 1. The van der Waals surface area contributed by atoms with Crippen LogP contribution in [-0.4, -0.2) is 49.4 Å². The van der Waals surface area contributed by atoms with E-state index in [-0.39, 0.29) is 12.1 Å². The van der Waals surface area contributed by atoms with E-state index in [1.807, 2.05) is 24.3 Å². The number of hydrogen-bond donors (Lipinski definition) is 2. The Kier molecular flexibility index (Phi) is 6.87. The van der Waals surface area contributed by atoms with E-state index in [2.05, 4.69) is 5.32 Å². The summed E-state index contributed by atoms with van der Waals surface area (Å²) in [6.45, 7) is 2.85. The zero-order valence-electron chi connectivity index (χ0n) is 12.4. The predicted octanol–water partition coefficient (Wildman–Crippen LogP) is 1.65. The number of urea groups is 1. The fourth-order valence-corrected chi connectivity index (χ4v) is 1.72. The van der Waals surface area contributed by atoms with E-state index < -0.39 is 0 Å². The Morgan fingerprint density at radius 2 is 2.05 bits per heavy atom. The van der Waals surface area contributed by atoms with Gasteiger partial charge in [0.15, 0.2) is 0 Å². The molecule has 2 N–H and O–H groups in total. The van der Waals surface area contributed by atoms with Gasteiger partial charge in [-0.25, -0.2) is 4.79 Å². The first-order valence-corrected chi connectivity index (χ1v) is 6.83. The Morgan fingerprint density at radius 1 is 1.40 bits per heavy atom. The molecule has 0 spiro atoms. The fourth-order valence-electron chi connectivity index (χ4n) is 1.72. The van der Waals surface area contributed by atoms with Crippen molar-refractivity contribution < 1.29 is 14.6 Å². The molecule has 20 heavy (non-hydrogen) atoms. The van der Waals surface area contributed by atoms with Gasteiger partial charge in [-0.05, 0) is 37.5 Å². The minimum atomic E-state index is -0.385. The van der Waals surface area contributed by atoms with Crippen molar-refractivity contribution in [3.63, 3.8) is 0 Å². The molecule has 0 radical (unpaired) electrons. The minimum Gasteiger partial charge on any atom is -0.497 e. The van der Waals surface area contributed by atoms with Gasteiger partial charge in [-0.3, -0.25) is 0 Å². The number of benzene rings is 1. The third-order valence-electron chi connectivity index (χ3n) is 3.08. The van der Waals surface area contributed by atoms with Gasteiger partial charge in [0.05, 0.1) is 13.2 Å². The van der Waals surface area contributed by atoms with E-state index in [0.717, 1.165) is 17.7 Å². The molecule has 2 amide bonds. The standard InChI is InChI=1S/C15H24N2O3/c1-12(18)9-11-17(2)15(19)16-10-8-13-4-6-14(20-3)7-5-13/h4-7,12,18H,8-11H2,1-3H3,(H,16,19). The molecule has 0 fully saturated rings. The molecule has 0 bridgehead atoms. The molecule has 0 aliphatic rings. The number of amides is 2. The largest absolute Gasteiger partial charge is 0.497 e. The summed E-state index contributed by atoms with van der Waals surface area (Å²) in [6.07, 6.45) is 0.979. The third kappa shape index (κ3) is 5.93. The van der Waals surface area contributed by atoms with Crippen LogP contribution in [0.1, 0.15) is 18.9 Å². The van der Waals surface area contributed by atoms with Gasteiger partial charge in [-0.2, -0.15) is 0 Å². The first-order chi connectivity index (χ1) is 9.52. The maximum Gasteiger partial charge on any atom is 0.317 e. The lowest BCUT2D eigenvalue weighted by Gasteiger charge is -2.18. The van der Waals surface area contributed by atoms with Gasteiger partial charge in [-0.1, -0.05) is 12.1 Å². The highest BCUT2D eigenvalue weighted by Gasteiger charge is 2.08. The van der Waals surface area contributed by atoms with E-state index in [9.17, 15) is 9.90 Å². The first-order valence-electron chi connectivity index (χ1n) is 6.83. The van der Waals surface area contributed by atoms with Crippen molar-refractivity contribution in [1.82, 2.24) is 10.2 Å². The molecule has 1 rings (SSSR count). The number of methoxy groups -OCH3 is 1. The molecule has 5 nitrogen and oxygen atoms in total. The second-order valence-electron chi connectivity index (χ2n) is 4.89. The minimum absolute atomic E-state index is 0.112. The third-order valence-corrected chi connectivity index (χ3v) is 3.08. The van der Waals surface area contributed by atoms with Crippen LogP contribution in [0.3, 0.4) is 0 Å². The van der Waals surface area contributed by atoms with Crippen molar-refractivity contribution in [2.24, 2.45) is 0 Å². The van der Waals surface area contributed by atoms with Crippen molar-refractivity contribution in [2.45, 2.75) is 25.9 Å². The van der Waals surface area contributed by atoms with Gasteiger partial charge in [0.2, 0.25) is 0 Å². The van der Waals surface area contributed by atoms with Crippen LogP contribution < -0.4 is 10.1 Å². The summed E-state index contributed by atoms with van der Waals surface area (Å²) in [6, 6.07) is 7.68. The Morgan fingerprint density at radius 3 is 2.60 bits per heavy atom. The summed E-state index contributed by atoms with van der Waals surface area (Å²) < 4.78 is 5.09. The average Bonchev–Trinajstić information content (AvgIpc) is 2.45. The summed E-state index contributed by atoms with van der Waals surface area (Å²) in [5.74, 6) is 0.829. The molecular weight excluding hydrogens is 256 g/mol. The molecule has 0 heterocycles. The van der Waals surface area contributed by atoms with Crippen LogP contribution in [0.25, 0.3) is 0 Å². The van der Waals surface area contributed by atoms with Gasteiger partial charge in [-0.15, -0.1) is 0 Å². The summed E-state index contributed by atoms with van der Waals surface area (Å²) in [5.41, 5.74) is 1.15. The lowest BCUT2D eigenvalue weighted by Crippen LogP contribution is -2.39. The van der Waals surface area contributed by atoms with E-state index >= 15 is 0 Å². The van der Waals surface area contributed by atoms with Crippen LogP contribution in [0.4, 0.5) is 4.79 Å². The monoisotopic (exact) mass is 280 g/mol. The molecule has 1 aromatic carbocycles. The smallest absolute Gasteiger partial charge is 0.317 e. The highest BCUT2D eigenvalue weighted by molar-refractivity contribution is 5.73. The van der Waals surface area contributed by atoms with Crippen molar-refractivity contribution in [2.75, 3.05) is 27.2 Å². The number of nitrogens with zero attached hydrogens (tertiary/aromatic N) is 1. The average molecular weight is 280 g/mol. The second-order valence-corrected chi connectivity index (χ2v) is 4.89. The fraction of sp³-hybridized carbons (Fsp3) is 0.533. The zero-order chi connectivity index (χ0) is 15.0. The van der Waals surface area contributed by atoms with Crippen molar-refractivity contribution in [3.05, 3.63) is 29.8 Å². The number of aliphatic hydroxyl groups excluding tert-OH is 1. The van der Waals surface area contributed by atoms with E-state index in [1.54, 1.807) is 26.0 Å². The van der Waals surface area contributed by atoms with E-state index in [0.29, 0.717) is 19.5 Å². The highest BCUT2D eigenvalue weighted by atomic mass is 16.5. The SMILES string of the molecule is COc1ccc(CCNC(=O)N(C)CCC(C)O)cc1. The Bertz CT molecular complexity index is 404. The summed E-state index contributed by atoms with van der Waals surface area (Å²) in [4.78, 5) is 13.3. The summed E-state index contributed by atoms with van der Waals surface area (Å²) in [7, 11) is 3.36. The summed E-state index contributed by atoms with van der Waals surface area (Å²) in [5, 5.41) is 12.0. The van der Waals surface area contributed by atoms with Gasteiger partial charge in [0.25, 0.3) is 0 Å². The maximum atomic E-state index is 11.8. The lowest BCUT2D eigenvalue weighted by atomic mass is 10.1. The van der Waals surface area contributed by atoms with Crippen LogP contribution in [-0.2, 0) is 6.42 Å². The molecule has 0 aliphatic heterocycles. The van der Waals surface area contributed by atoms with Crippen LogP contribution in [0.5, 0.6) is 5.75 Å². The van der Waals surface area contributed by atoms with Crippen LogP contribution in [0.2, 0.25) is 0 Å². The molecule has 1 aromatic rings. The number of nitrogens with one attached hydrogen (secondary N) is 1. The quantitative estimate of drug-likeness (QED) is 0.798. The number of aliphatic hydroxyl groups is 1. The molecule has 0 aromatic heterocycles. The molecule has 1 atom stereocenters. The normalized spacial score (nSPS) is 11.8. The van der Waals surface area contributed by atoms with Gasteiger partial charge in [0, 0.05) is 20.1 Å². The first kappa shape index (κ1) is 16.3. The summed E-state index contributed by atoms with van der Waals surface area (Å²) >= 11 is 0. The number of carbonyl (C=O) groups is 1. The Labute approximate surface area is 120 Å². The molecule has 112 valence electrons. The molecule has 1 unspecified atom stereocenters. The molecule has 5 heteroatoms. The predicted molar refractivity (Wildman–Crippen MR) is 79.0 cm³/mol. The maximum absolute atomic E-state index is 11.8. The van der Waals surface area contributed by atoms with Crippen molar-refractivity contribution >= 4 is 6.03 Å². The number of hydrogen-bond acceptors (Lipinski definition) is 3. The molecular formula is C15H24N2O3. The molecule has 0 saturated carbocycles. The van der Waals surface area contributed by atoms with Gasteiger partial charge < -0.3 is 20.1 Å². The Balaban J connectivity index is 2.26. The van der Waals surface area contributed by atoms with E-state index in [1.165, 1.54) is 0 Å². The molecule has 0 aliphatic carbocycles. The zero-order valence-corrected chi connectivity index (χ0v) is 12.4. The van der Waals surface area contributed by atoms with Gasteiger partial charge >= 0.3 is 6.03 Å². The van der Waals surface area contributed by atoms with Crippen LogP contribution in [0, 0.1) is 0 Å². The van der Waals surface area contributed by atoms with Crippen molar-refractivity contribution in [1.29, 1.82) is 0 Å². The van der Waals surface area contributed by atoms with Crippen LogP contribution >= 0.6 is 0 Å². The van der Waals surface area contributed by atoms with Gasteiger partial charge in [0.1, 0.15) is 5.75 Å². The number of carbonyl (C=O) groups excluding carboxylic acids is 1. The Hall–Kier alpha value is -1.75. The molecule has 0 saturated heterocycles. The van der Waals surface area contributed by atoms with Crippen molar-refractivity contribution in [3.8, 4) is 5.75 Å². The topological polar surface area (TPSA) is 61.8 Å². The second kappa shape index (κ2) is 8.43. The highest BCUT2D eigenvalue weighted by Crippen LogP contribution is 2.11. The van der Waals surface area contributed by atoms with E-state index in [4.69, 9.17) is 4.74 Å².